The lowest BCUT2D eigenvalue weighted by Crippen LogP contribution is -2.08. The number of hydrogen-bond acceptors (Lipinski definition) is 7. The van der Waals surface area contributed by atoms with E-state index >= 15 is 0 Å². The fourth-order valence-electron chi connectivity index (χ4n) is 1.82. The number of nitrogens with zero attached hydrogens (tertiary/aromatic N) is 1. The minimum atomic E-state index is -0.670. The van der Waals surface area contributed by atoms with Crippen molar-refractivity contribution in [2.75, 3.05) is 21.3 Å². The van der Waals surface area contributed by atoms with Crippen LogP contribution in [0.5, 0.6) is 5.75 Å². The molecular formula is C14H13NO6. The van der Waals surface area contributed by atoms with Crippen molar-refractivity contribution in [3.05, 3.63) is 29.7 Å². The first kappa shape index (κ1) is 14.6. The number of furan rings is 1. The van der Waals surface area contributed by atoms with E-state index in [2.05, 4.69) is 14.5 Å². The van der Waals surface area contributed by atoms with Gasteiger partial charge < -0.3 is 18.6 Å². The fourth-order valence-corrected chi connectivity index (χ4v) is 1.82. The van der Waals surface area contributed by atoms with E-state index in [9.17, 15) is 9.59 Å². The number of carbonyl (C=O) groups excluding carboxylic acids is 2. The summed E-state index contributed by atoms with van der Waals surface area (Å²) in [5, 5.41) is 0.578. The summed E-state index contributed by atoms with van der Waals surface area (Å²) >= 11 is 0. The molecule has 0 radical (unpaired) electrons. The van der Waals surface area contributed by atoms with Crippen LogP contribution >= 0.6 is 0 Å². The highest BCUT2D eigenvalue weighted by molar-refractivity contribution is 6.00. The molecule has 0 saturated carbocycles. The van der Waals surface area contributed by atoms with Crippen LogP contribution in [0.4, 0.5) is 0 Å². The average molecular weight is 291 g/mol. The molecule has 0 bridgehead atoms. The molecule has 0 spiro atoms. The Morgan fingerprint density at radius 1 is 1.24 bits per heavy atom. The predicted octanol–water partition coefficient (Wildman–Crippen LogP) is 1.81. The van der Waals surface area contributed by atoms with Crippen molar-refractivity contribution >= 4 is 29.1 Å². The maximum atomic E-state index is 11.9. The van der Waals surface area contributed by atoms with Gasteiger partial charge in [0.1, 0.15) is 5.75 Å². The van der Waals surface area contributed by atoms with Crippen molar-refractivity contribution in [1.82, 2.24) is 4.98 Å². The van der Waals surface area contributed by atoms with Crippen LogP contribution in [0.2, 0.25) is 0 Å². The summed E-state index contributed by atoms with van der Waals surface area (Å²) in [6.45, 7) is 0. The van der Waals surface area contributed by atoms with Crippen LogP contribution < -0.4 is 4.74 Å². The molecule has 2 heterocycles. The first-order chi connectivity index (χ1) is 10.1. The molecule has 2 rings (SSSR count). The van der Waals surface area contributed by atoms with E-state index in [0.717, 1.165) is 6.08 Å². The van der Waals surface area contributed by atoms with Gasteiger partial charge in [0.25, 0.3) is 0 Å². The third-order valence-electron chi connectivity index (χ3n) is 2.77. The van der Waals surface area contributed by atoms with Gasteiger partial charge in [0, 0.05) is 6.08 Å². The third kappa shape index (κ3) is 2.71. The lowest BCUT2D eigenvalue weighted by Gasteiger charge is -2.09. The van der Waals surface area contributed by atoms with E-state index in [-0.39, 0.29) is 11.4 Å². The fraction of sp³-hybridized carbons (Fsp3) is 0.214. The highest BCUT2D eigenvalue weighted by Gasteiger charge is 2.21. The zero-order chi connectivity index (χ0) is 15.4. The van der Waals surface area contributed by atoms with Gasteiger partial charge in [0.2, 0.25) is 5.71 Å². The molecule has 0 unspecified atom stereocenters. The second kappa shape index (κ2) is 6.08. The Kier molecular flexibility index (Phi) is 4.22. The van der Waals surface area contributed by atoms with Gasteiger partial charge in [-0.25, -0.2) is 14.6 Å². The topological polar surface area (TPSA) is 87.9 Å². The van der Waals surface area contributed by atoms with Crippen molar-refractivity contribution in [1.29, 1.82) is 0 Å². The second-order valence-electron chi connectivity index (χ2n) is 3.89. The monoisotopic (exact) mass is 291 g/mol. The number of rotatable bonds is 4. The molecule has 2 aromatic heterocycles. The molecule has 0 aromatic carbocycles. The summed E-state index contributed by atoms with van der Waals surface area (Å²) in [7, 11) is 3.93. The Bertz CT molecular complexity index is 716. The smallest absolute Gasteiger partial charge is 0.357 e. The number of aromatic nitrogens is 1. The van der Waals surface area contributed by atoms with Crippen LogP contribution in [0.15, 0.2) is 22.8 Å². The van der Waals surface area contributed by atoms with Crippen LogP contribution in [0, 0.1) is 0 Å². The Balaban J connectivity index is 2.70. The zero-order valence-electron chi connectivity index (χ0n) is 11.7. The SMILES string of the molecule is COC(=O)/C=C\c1c(C(=O)OC)nc2occc2c1OC. The molecular weight excluding hydrogens is 278 g/mol. The Morgan fingerprint density at radius 2 is 2.00 bits per heavy atom. The lowest BCUT2D eigenvalue weighted by atomic mass is 10.1. The number of hydrogen-bond donors (Lipinski definition) is 0. The minimum absolute atomic E-state index is 0.0167. The first-order valence-corrected chi connectivity index (χ1v) is 5.92. The Labute approximate surface area is 120 Å². The lowest BCUT2D eigenvalue weighted by molar-refractivity contribution is -0.134. The number of pyridine rings is 1. The summed E-state index contributed by atoms with van der Waals surface area (Å²) < 4.78 is 19.7. The quantitative estimate of drug-likeness (QED) is 0.627. The van der Waals surface area contributed by atoms with E-state index in [0.29, 0.717) is 16.7 Å². The summed E-state index contributed by atoms with van der Waals surface area (Å²) in [6, 6.07) is 1.65. The molecule has 7 nitrogen and oxygen atoms in total. The summed E-state index contributed by atoms with van der Waals surface area (Å²) in [6.07, 6.45) is 3.98. The van der Waals surface area contributed by atoms with Crippen LogP contribution in [0.3, 0.4) is 0 Å². The molecule has 0 aliphatic carbocycles. The van der Waals surface area contributed by atoms with Crippen molar-refractivity contribution in [3.63, 3.8) is 0 Å². The Hall–Kier alpha value is -2.83. The van der Waals surface area contributed by atoms with Crippen molar-refractivity contribution in [2.24, 2.45) is 0 Å². The summed E-state index contributed by atoms with van der Waals surface area (Å²) in [5.41, 5.74) is 0.531. The highest BCUT2D eigenvalue weighted by atomic mass is 16.5. The van der Waals surface area contributed by atoms with E-state index < -0.39 is 11.9 Å². The van der Waals surface area contributed by atoms with Crippen LogP contribution in [0.1, 0.15) is 16.1 Å². The Morgan fingerprint density at radius 3 is 2.62 bits per heavy atom. The molecule has 2 aromatic rings. The largest absolute Gasteiger partial charge is 0.495 e. The van der Waals surface area contributed by atoms with E-state index in [1.54, 1.807) is 6.07 Å². The van der Waals surface area contributed by atoms with Gasteiger partial charge in [-0.05, 0) is 12.1 Å². The second-order valence-corrected chi connectivity index (χ2v) is 3.89. The van der Waals surface area contributed by atoms with Gasteiger partial charge in [-0.15, -0.1) is 0 Å². The zero-order valence-corrected chi connectivity index (χ0v) is 11.7. The molecule has 21 heavy (non-hydrogen) atoms. The molecule has 0 saturated heterocycles. The predicted molar refractivity (Wildman–Crippen MR) is 73.0 cm³/mol. The number of carbonyl (C=O) groups is 2. The standard InChI is InChI=1S/C14H13NO6/c1-18-10(16)5-4-8-11(14(17)20-3)15-13-9(6-7-21-13)12(8)19-2/h4-7H,1-3H3/b5-4-. The normalized spacial score (nSPS) is 10.8. The van der Waals surface area contributed by atoms with Crippen molar-refractivity contribution < 1.29 is 28.2 Å². The third-order valence-corrected chi connectivity index (χ3v) is 2.77. The molecule has 0 atom stereocenters. The first-order valence-electron chi connectivity index (χ1n) is 5.92. The van der Waals surface area contributed by atoms with Gasteiger partial charge in [0.15, 0.2) is 5.69 Å². The number of methoxy groups -OCH3 is 3. The van der Waals surface area contributed by atoms with Gasteiger partial charge >= 0.3 is 11.9 Å². The maximum absolute atomic E-state index is 11.9. The molecule has 0 aliphatic rings. The van der Waals surface area contributed by atoms with Crippen LogP contribution in [-0.4, -0.2) is 38.3 Å². The van der Waals surface area contributed by atoms with Gasteiger partial charge in [-0.2, -0.15) is 0 Å². The van der Waals surface area contributed by atoms with Gasteiger partial charge in [-0.3, -0.25) is 0 Å². The van der Waals surface area contributed by atoms with E-state index in [1.807, 2.05) is 0 Å². The maximum Gasteiger partial charge on any atom is 0.357 e. The van der Waals surface area contributed by atoms with Crippen molar-refractivity contribution in [2.45, 2.75) is 0 Å². The molecule has 0 fully saturated rings. The number of fused-ring (bicyclic) bond motifs is 1. The molecule has 0 N–H and O–H groups in total. The van der Waals surface area contributed by atoms with E-state index in [4.69, 9.17) is 9.15 Å². The van der Waals surface area contributed by atoms with Crippen LogP contribution in [-0.2, 0) is 14.3 Å². The van der Waals surface area contributed by atoms with Gasteiger partial charge in [0.05, 0.1) is 38.5 Å². The van der Waals surface area contributed by atoms with Crippen LogP contribution in [0.25, 0.3) is 17.2 Å². The summed E-state index contributed by atoms with van der Waals surface area (Å²) in [4.78, 5) is 27.2. The molecule has 7 heteroatoms. The summed E-state index contributed by atoms with van der Waals surface area (Å²) in [5.74, 6) is -0.884. The molecule has 0 aliphatic heterocycles. The molecule has 0 amide bonds. The van der Waals surface area contributed by atoms with Gasteiger partial charge in [-0.1, -0.05) is 0 Å². The van der Waals surface area contributed by atoms with Crippen molar-refractivity contribution in [3.8, 4) is 5.75 Å². The number of ether oxygens (including phenoxy) is 3. The average Bonchev–Trinajstić information content (AvgIpc) is 2.98. The molecule has 110 valence electrons. The number of esters is 2. The van der Waals surface area contributed by atoms with E-state index in [1.165, 1.54) is 33.7 Å². The minimum Gasteiger partial charge on any atom is -0.495 e. The highest BCUT2D eigenvalue weighted by Crippen LogP contribution is 2.32.